The Hall–Kier alpha value is -2.36. The van der Waals surface area contributed by atoms with E-state index in [9.17, 15) is 0 Å². The summed E-state index contributed by atoms with van der Waals surface area (Å²) < 4.78 is 7.43. The molecule has 0 unspecified atom stereocenters. The fourth-order valence-electron chi connectivity index (χ4n) is 1.80. The highest BCUT2D eigenvalue weighted by Crippen LogP contribution is 2.14. The molecule has 0 amide bonds. The third-order valence-electron chi connectivity index (χ3n) is 2.66. The second-order valence-corrected chi connectivity index (χ2v) is 4.15. The van der Waals surface area contributed by atoms with Crippen LogP contribution in [0.3, 0.4) is 0 Å². The lowest BCUT2D eigenvalue weighted by molar-refractivity contribution is 0.304. The number of benzene rings is 1. The smallest absolute Gasteiger partial charge is 0.157 e. The molecule has 4 nitrogen and oxygen atoms in total. The average molecular weight is 239 g/mol. The van der Waals surface area contributed by atoms with Gasteiger partial charge in [0, 0.05) is 6.07 Å². The van der Waals surface area contributed by atoms with Crippen LogP contribution >= 0.6 is 0 Å². The SMILES string of the molecule is Cc1cn2ncc(OCc3ccccc3)cc2n1. The molecule has 0 aliphatic heterocycles. The molecule has 0 N–H and O–H groups in total. The van der Waals surface area contributed by atoms with Gasteiger partial charge < -0.3 is 4.74 Å². The quantitative estimate of drug-likeness (QED) is 0.705. The van der Waals surface area contributed by atoms with Crippen molar-refractivity contribution in [3.05, 3.63) is 60.0 Å². The Labute approximate surface area is 105 Å². The molecule has 0 bridgehead atoms. The summed E-state index contributed by atoms with van der Waals surface area (Å²) in [5.74, 6) is 0.733. The van der Waals surface area contributed by atoms with E-state index < -0.39 is 0 Å². The van der Waals surface area contributed by atoms with Gasteiger partial charge in [-0.1, -0.05) is 30.3 Å². The van der Waals surface area contributed by atoms with Gasteiger partial charge in [-0.05, 0) is 12.5 Å². The Balaban J connectivity index is 1.78. The van der Waals surface area contributed by atoms with Gasteiger partial charge in [0.05, 0.1) is 18.1 Å². The number of fused-ring (bicyclic) bond motifs is 1. The lowest BCUT2D eigenvalue weighted by Gasteiger charge is -2.05. The van der Waals surface area contributed by atoms with Gasteiger partial charge in [0.25, 0.3) is 0 Å². The van der Waals surface area contributed by atoms with Gasteiger partial charge in [-0.3, -0.25) is 0 Å². The van der Waals surface area contributed by atoms with E-state index in [2.05, 4.69) is 10.1 Å². The Morgan fingerprint density at radius 2 is 2.06 bits per heavy atom. The number of nitrogens with zero attached hydrogens (tertiary/aromatic N) is 3. The fraction of sp³-hybridized carbons (Fsp3) is 0.143. The van der Waals surface area contributed by atoms with Crippen molar-refractivity contribution in [1.29, 1.82) is 0 Å². The first kappa shape index (κ1) is 10.8. The molecule has 0 saturated heterocycles. The second kappa shape index (κ2) is 4.49. The molecule has 0 spiro atoms. The van der Waals surface area contributed by atoms with Crippen LogP contribution in [0.5, 0.6) is 5.75 Å². The molecular weight excluding hydrogens is 226 g/mol. The Bertz CT molecular complexity index is 661. The zero-order valence-electron chi connectivity index (χ0n) is 10.1. The van der Waals surface area contributed by atoms with Crippen molar-refractivity contribution in [3.8, 4) is 5.75 Å². The minimum Gasteiger partial charge on any atom is -0.487 e. The average Bonchev–Trinajstić information content (AvgIpc) is 2.77. The maximum Gasteiger partial charge on any atom is 0.157 e. The van der Waals surface area contributed by atoms with Crippen LogP contribution in [0.25, 0.3) is 5.65 Å². The highest BCUT2D eigenvalue weighted by Gasteiger charge is 2.01. The molecule has 1 aromatic carbocycles. The van der Waals surface area contributed by atoms with E-state index in [1.807, 2.05) is 49.5 Å². The van der Waals surface area contributed by atoms with Gasteiger partial charge >= 0.3 is 0 Å². The normalized spacial score (nSPS) is 10.7. The minimum atomic E-state index is 0.540. The molecule has 90 valence electrons. The van der Waals surface area contributed by atoms with Crippen molar-refractivity contribution in [1.82, 2.24) is 14.6 Å². The van der Waals surface area contributed by atoms with Gasteiger partial charge in [-0.25, -0.2) is 9.50 Å². The van der Waals surface area contributed by atoms with E-state index in [0.717, 1.165) is 22.7 Å². The molecular formula is C14H13N3O. The van der Waals surface area contributed by atoms with E-state index >= 15 is 0 Å². The van der Waals surface area contributed by atoms with Crippen molar-refractivity contribution in [2.24, 2.45) is 0 Å². The summed E-state index contributed by atoms with van der Waals surface area (Å²) in [5.41, 5.74) is 2.89. The zero-order chi connectivity index (χ0) is 12.4. The molecule has 0 aliphatic rings. The van der Waals surface area contributed by atoms with E-state index in [0.29, 0.717) is 6.61 Å². The van der Waals surface area contributed by atoms with Gasteiger partial charge in [-0.15, -0.1) is 0 Å². The van der Waals surface area contributed by atoms with Crippen LogP contribution in [-0.2, 0) is 6.61 Å². The number of imidazole rings is 1. The van der Waals surface area contributed by atoms with Crippen LogP contribution in [0.4, 0.5) is 0 Å². The lowest BCUT2D eigenvalue weighted by Crippen LogP contribution is -1.97. The molecule has 2 heterocycles. The Morgan fingerprint density at radius 1 is 1.22 bits per heavy atom. The number of aromatic nitrogens is 3. The van der Waals surface area contributed by atoms with Crippen molar-refractivity contribution >= 4 is 5.65 Å². The van der Waals surface area contributed by atoms with Crippen LogP contribution in [0.1, 0.15) is 11.3 Å². The summed E-state index contributed by atoms with van der Waals surface area (Å²) in [4.78, 5) is 4.35. The predicted octanol–water partition coefficient (Wildman–Crippen LogP) is 2.62. The topological polar surface area (TPSA) is 39.4 Å². The summed E-state index contributed by atoms with van der Waals surface area (Å²) in [6.07, 6.45) is 3.59. The Morgan fingerprint density at radius 3 is 2.89 bits per heavy atom. The van der Waals surface area contributed by atoms with Crippen LogP contribution in [-0.4, -0.2) is 14.6 Å². The molecule has 0 fully saturated rings. The number of hydrogen-bond donors (Lipinski definition) is 0. The third kappa shape index (κ3) is 2.18. The molecule has 0 atom stereocenters. The molecule has 4 heteroatoms. The summed E-state index contributed by atoms with van der Waals surface area (Å²) in [6.45, 7) is 2.48. The van der Waals surface area contributed by atoms with E-state index in [1.165, 1.54) is 0 Å². The summed E-state index contributed by atoms with van der Waals surface area (Å²) in [7, 11) is 0. The first-order valence-electron chi connectivity index (χ1n) is 5.80. The molecule has 3 rings (SSSR count). The maximum absolute atomic E-state index is 5.69. The number of hydrogen-bond acceptors (Lipinski definition) is 3. The van der Waals surface area contributed by atoms with Gasteiger partial charge in [0.2, 0.25) is 0 Å². The van der Waals surface area contributed by atoms with E-state index in [1.54, 1.807) is 10.7 Å². The second-order valence-electron chi connectivity index (χ2n) is 4.15. The number of aryl methyl sites for hydroxylation is 1. The molecule has 0 aliphatic carbocycles. The van der Waals surface area contributed by atoms with Crippen LogP contribution in [0.15, 0.2) is 48.8 Å². The standard InChI is InChI=1S/C14H13N3O/c1-11-9-17-14(16-11)7-13(8-15-17)18-10-12-5-3-2-4-6-12/h2-9H,10H2,1H3. The third-order valence-corrected chi connectivity index (χ3v) is 2.66. The minimum absolute atomic E-state index is 0.540. The van der Waals surface area contributed by atoms with Crippen molar-refractivity contribution in [3.63, 3.8) is 0 Å². The van der Waals surface area contributed by atoms with Crippen molar-refractivity contribution < 1.29 is 4.74 Å². The summed E-state index contributed by atoms with van der Waals surface area (Å²) >= 11 is 0. The summed E-state index contributed by atoms with van der Waals surface area (Å²) in [5, 5.41) is 4.24. The first-order valence-corrected chi connectivity index (χ1v) is 5.80. The highest BCUT2D eigenvalue weighted by atomic mass is 16.5. The first-order chi connectivity index (χ1) is 8.81. The zero-order valence-corrected chi connectivity index (χ0v) is 10.1. The van der Waals surface area contributed by atoms with Gasteiger partial charge in [0.1, 0.15) is 12.4 Å². The van der Waals surface area contributed by atoms with Crippen LogP contribution < -0.4 is 4.74 Å². The largest absolute Gasteiger partial charge is 0.487 e. The number of ether oxygens (including phenoxy) is 1. The van der Waals surface area contributed by atoms with Gasteiger partial charge in [0.15, 0.2) is 5.65 Å². The molecule has 2 aromatic heterocycles. The van der Waals surface area contributed by atoms with Crippen LogP contribution in [0.2, 0.25) is 0 Å². The highest BCUT2D eigenvalue weighted by molar-refractivity contribution is 5.43. The monoisotopic (exact) mass is 239 g/mol. The number of rotatable bonds is 3. The molecule has 3 aromatic rings. The molecule has 0 radical (unpaired) electrons. The molecule has 0 saturated carbocycles. The predicted molar refractivity (Wildman–Crippen MR) is 68.5 cm³/mol. The van der Waals surface area contributed by atoms with E-state index in [-0.39, 0.29) is 0 Å². The van der Waals surface area contributed by atoms with Crippen molar-refractivity contribution in [2.75, 3.05) is 0 Å². The van der Waals surface area contributed by atoms with Crippen molar-refractivity contribution in [2.45, 2.75) is 13.5 Å². The van der Waals surface area contributed by atoms with Crippen LogP contribution in [0, 0.1) is 6.92 Å². The maximum atomic E-state index is 5.69. The molecule has 18 heavy (non-hydrogen) atoms. The fourth-order valence-corrected chi connectivity index (χ4v) is 1.80. The Kier molecular flexibility index (Phi) is 2.68. The van der Waals surface area contributed by atoms with E-state index in [4.69, 9.17) is 4.74 Å². The van der Waals surface area contributed by atoms with Gasteiger partial charge in [-0.2, -0.15) is 5.10 Å². The summed E-state index contributed by atoms with van der Waals surface area (Å²) in [6, 6.07) is 11.9. The lowest BCUT2D eigenvalue weighted by atomic mass is 10.2.